The maximum absolute atomic E-state index is 6.28. The Morgan fingerprint density at radius 2 is 2.21 bits per heavy atom. The van der Waals surface area contributed by atoms with Crippen molar-refractivity contribution in [3.05, 3.63) is 40.8 Å². The van der Waals surface area contributed by atoms with Crippen LogP contribution in [-0.4, -0.2) is 22.6 Å². The standard InChI is InChI=1S/C14H15Cl2N3/c15-10-3-4-13(16)12(6-10)14-8-18-9-19(14)11-2-1-5-17-7-11/h3-4,6,8-9,11,17H,1-2,5,7H2. The van der Waals surface area contributed by atoms with E-state index in [0.717, 1.165) is 30.8 Å². The highest BCUT2D eigenvalue weighted by atomic mass is 35.5. The monoisotopic (exact) mass is 295 g/mol. The highest BCUT2D eigenvalue weighted by molar-refractivity contribution is 6.35. The fourth-order valence-corrected chi connectivity index (χ4v) is 2.96. The molecule has 2 aromatic rings. The normalized spacial score (nSPS) is 19.6. The van der Waals surface area contributed by atoms with Gasteiger partial charge in [-0.1, -0.05) is 23.2 Å². The largest absolute Gasteiger partial charge is 0.326 e. The molecule has 0 saturated carbocycles. The van der Waals surface area contributed by atoms with E-state index in [0.29, 0.717) is 16.1 Å². The lowest BCUT2D eigenvalue weighted by Crippen LogP contribution is -2.31. The van der Waals surface area contributed by atoms with Crippen LogP contribution in [0.25, 0.3) is 11.3 Å². The summed E-state index contributed by atoms with van der Waals surface area (Å²) in [6, 6.07) is 5.96. The van der Waals surface area contributed by atoms with Gasteiger partial charge in [-0.25, -0.2) is 4.98 Å². The van der Waals surface area contributed by atoms with Gasteiger partial charge in [0.2, 0.25) is 0 Å². The lowest BCUT2D eigenvalue weighted by molar-refractivity contribution is 0.373. The van der Waals surface area contributed by atoms with Crippen molar-refractivity contribution in [3.8, 4) is 11.3 Å². The first kappa shape index (κ1) is 13.0. The predicted molar refractivity (Wildman–Crippen MR) is 78.8 cm³/mol. The minimum absolute atomic E-state index is 0.432. The Morgan fingerprint density at radius 3 is 3.00 bits per heavy atom. The van der Waals surface area contributed by atoms with Gasteiger partial charge in [-0.05, 0) is 37.6 Å². The van der Waals surface area contributed by atoms with Gasteiger partial charge in [0.1, 0.15) is 0 Å². The van der Waals surface area contributed by atoms with E-state index in [1.807, 2.05) is 24.7 Å². The van der Waals surface area contributed by atoms with Crippen LogP contribution < -0.4 is 5.32 Å². The Morgan fingerprint density at radius 1 is 1.32 bits per heavy atom. The molecule has 0 bridgehead atoms. The van der Waals surface area contributed by atoms with Gasteiger partial charge < -0.3 is 9.88 Å². The van der Waals surface area contributed by atoms with Crippen LogP contribution in [0.2, 0.25) is 10.0 Å². The summed E-state index contributed by atoms with van der Waals surface area (Å²) in [7, 11) is 0. The maximum Gasteiger partial charge on any atom is 0.0954 e. The SMILES string of the molecule is Clc1ccc(Cl)c(-c2cncn2C2CCCNC2)c1. The molecular formula is C14H15Cl2N3. The summed E-state index contributed by atoms with van der Waals surface area (Å²) in [5, 5.41) is 4.81. The first-order chi connectivity index (χ1) is 9.25. The van der Waals surface area contributed by atoms with Crippen molar-refractivity contribution in [1.82, 2.24) is 14.9 Å². The minimum Gasteiger partial charge on any atom is -0.326 e. The van der Waals surface area contributed by atoms with Crippen LogP contribution in [0.5, 0.6) is 0 Å². The Kier molecular flexibility index (Phi) is 3.78. The first-order valence-electron chi connectivity index (χ1n) is 6.43. The molecule has 3 rings (SSSR count). The average molecular weight is 296 g/mol. The van der Waals surface area contributed by atoms with E-state index in [2.05, 4.69) is 14.9 Å². The summed E-state index contributed by atoms with van der Waals surface area (Å²) < 4.78 is 2.20. The van der Waals surface area contributed by atoms with Crippen molar-refractivity contribution < 1.29 is 0 Å². The van der Waals surface area contributed by atoms with E-state index in [1.165, 1.54) is 6.42 Å². The highest BCUT2D eigenvalue weighted by Crippen LogP contribution is 2.32. The Bertz CT molecular complexity index is 574. The first-order valence-corrected chi connectivity index (χ1v) is 7.19. The molecule has 1 aromatic heterocycles. The summed E-state index contributed by atoms with van der Waals surface area (Å²) in [6.45, 7) is 2.07. The summed E-state index contributed by atoms with van der Waals surface area (Å²) in [5.41, 5.74) is 1.97. The van der Waals surface area contributed by atoms with E-state index >= 15 is 0 Å². The summed E-state index contributed by atoms with van der Waals surface area (Å²) in [5.74, 6) is 0. The Hall–Kier alpha value is -1.03. The van der Waals surface area contributed by atoms with E-state index in [9.17, 15) is 0 Å². The third-order valence-corrected chi connectivity index (χ3v) is 4.10. The van der Waals surface area contributed by atoms with Gasteiger partial charge in [-0.15, -0.1) is 0 Å². The number of benzene rings is 1. The number of imidazole rings is 1. The minimum atomic E-state index is 0.432. The summed E-state index contributed by atoms with van der Waals surface area (Å²) in [6.07, 6.45) is 6.08. The molecule has 0 amide bonds. The zero-order chi connectivity index (χ0) is 13.2. The number of nitrogens with zero attached hydrogens (tertiary/aromatic N) is 2. The molecule has 0 aliphatic carbocycles. The van der Waals surface area contributed by atoms with Crippen LogP contribution in [0.1, 0.15) is 18.9 Å². The van der Waals surface area contributed by atoms with Crippen LogP contribution in [0.4, 0.5) is 0 Å². The fourth-order valence-electron chi connectivity index (χ4n) is 2.57. The number of aromatic nitrogens is 2. The number of rotatable bonds is 2. The molecule has 0 spiro atoms. The Balaban J connectivity index is 2.01. The topological polar surface area (TPSA) is 29.9 Å². The van der Waals surface area contributed by atoms with Gasteiger partial charge in [0, 0.05) is 23.2 Å². The molecule has 1 atom stereocenters. The predicted octanol–water partition coefficient (Wildman–Crippen LogP) is 3.78. The van der Waals surface area contributed by atoms with Gasteiger partial charge >= 0.3 is 0 Å². The molecule has 2 heterocycles. The molecule has 19 heavy (non-hydrogen) atoms. The Labute approximate surface area is 122 Å². The molecule has 1 aromatic carbocycles. The fraction of sp³-hybridized carbons (Fsp3) is 0.357. The quantitative estimate of drug-likeness (QED) is 0.914. The summed E-state index contributed by atoms with van der Waals surface area (Å²) >= 11 is 12.4. The van der Waals surface area contributed by atoms with Crippen molar-refractivity contribution in [1.29, 1.82) is 0 Å². The zero-order valence-electron chi connectivity index (χ0n) is 10.4. The zero-order valence-corrected chi connectivity index (χ0v) is 12.0. The molecule has 1 unspecified atom stereocenters. The maximum atomic E-state index is 6.28. The van der Waals surface area contributed by atoms with Crippen molar-refractivity contribution in [2.45, 2.75) is 18.9 Å². The van der Waals surface area contributed by atoms with Crippen LogP contribution in [-0.2, 0) is 0 Å². The lowest BCUT2D eigenvalue weighted by Gasteiger charge is -2.26. The van der Waals surface area contributed by atoms with Crippen molar-refractivity contribution in [3.63, 3.8) is 0 Å². The second kappa shape index (κ2) is 5.53. The second-order valence-electron chi connectivity index (χ2n) is 4.81. The average Bonchev–Trinajstić information content (AvgIpc) is 2.91. The molecule has 3 nitrogen and oxygen atoms in total. The molecule has 5 heteroatoms. The van der Waals surface area contributed by atoms with Gasteiger partial charge in [-0.3, -0.25) is 0 Å². The molecule has 100 valence electrons. The molecule has 1 aliphatic rings. The van der Waals surface area contributed by atoms with Crippen LogP contribution in [0.15, 0.2) is 30.7 Å². The molecule has 1 N–H and O–H groups in total. The van der Waals surface area contributed by atoms with Gasteiger partial charge in [0.15, 0.2) is 0 Å². The smallest absolute Gasteiger partial charge is 0.0954 e. The molecule has 1 saturated heterocycles. The lowest BCUT2D eigenvalue weighted by atomic mass is 10.1. The van der Waals surface area contributed by atoms with E-state index in [-0.39, 0.29) is 0 Å². The van der Waals surface area contributed by atoms with Crippen molar-refractivity contribution in [2.75, 3.05) is 13.1 Å². The molecule has 1 aliphatic heterocycles. The van der Waals surface area contributed by atoms with Gasteiger partial charge in [0.05, 0.1) is 23.2 Å². The van der Waals surface area contributed by atoms with Crippen molar-refractivity contribution >= 4 is 23.2 Å². The third-order valence-electron chi connectivity index (χ3n) is 3.53. The molecule has 1 fully saturated rings. The number of hydrogen-bond donors (Lipinski definition) is 1. The number of hydrogen-bond acceptors (Lipinski definition) is 2. The number of piperidine rings is 1. The third kappa shape index (κ3) is 2.64. The van der Waals surface area contributed by atoms with Gasteiger partial charge in [-0.2, -0.15) is 0 Å². The number of halogens is 2. The van der Waals surface area contributed by atoms with Crippen LogP contribution in [0, 0.1) is 0 Å². The highest BCUT2D eigenvalue weighted by Gasteiger charge is 2.19. The van der Waals surface area contributed by atoms with E-state index in [4.69, 9.17) is 23.2 Å². The number of nitrogens with one attached hydrogen (secondary N) is 1. The van der Waals surface area contributed by atoms with Crippen LogP contribution in [0.3, 0.4) is 0 Å². The molecular weight excluding hydrogens is 281 g/mol. The molecule has 0 radical (unpaired) electrons. The van der Waals surface area contributed by atoms with Crippen molar-refractivity contribution in [2.24, 2.45) is 0 Å². The van der Waals surface area contributed by atoms with E-state index < -0.39 is 0 Å². The summed E-state index contributed by atoms with van der Waals surface area (Å²) in [4.78, 5) is 4.28. The van der Waals surface area contributed by atoms with Crippen LogP contribution >= 0.6 is 23.2 Å². The van der Waals surface area contributed by atoms with Gasteiger partial charge in [0.25, 0.3) is 0 Å². The second-order valence-corrected chi connectivity index (χ2v) is 5.65. The van der Waals surface area contributed by atoms with E-state index in [1.54, 1.807) is 6.07 Å².